The molecule has 0 aliphatic rings. The average molecular weight is 531 g/mol. The highest BCUT2D eigenvalue weighted by molar-refractivity contribution is 9.10. The number of aromatic amines is 1. The van der Waals surface area contributed by atoms with E-state index < -0.39 is 0 Å². The number of amides is 1. The number of thioether (sulfide) groups is 1. The van der Waals surface area contributed by atoms with E-state index in [1.54, 1.807) is 6.21 Å². The maximum Gasteiger partial charge on any atom is 0.250 e. The standard InChI is InChI=1S/C25H19BrN6OS/c26-19-10-12-20(13-11-19)32-24(17-6-2-1-3-7-17)30-31-25(32)34-16-23(33)29-28-15-18-14-27-22-9-5-4-8-21(18)22/h1-15,27H,16H2,(H,29,33)/b28-15+. The SMILES string of the molecule is O=C(CSc1nnc(-c2ccccc2)n1-c1ccc(Br)cc1)N/N=C/c1c[nH]c2ccccc12. The number of hydrogen-bond acceptors (Lipinski definition) is 5. The minimum atomic E-state index is -0.229. The zero-order chi connectivity index (χ0) is 23.3. The van der Waals surface area contributed by atoms with Crippen LogP contribution in [0.15, 0.2) is 99.8 Å². The highest BCUT2D eigenvalue weighted by Crippen LogP contribution is 2.28. The zero-order valence-corrected chi connectivity index (χ0v) is 20.3. The molecule has 0 saturated heterocycles. The van der Waals surface area contributed by atoms with Crippen LogP contribution in [0.4, 0.5) is 0 Å². The Morgan fingerprint density at radius 3 is 2.62 bits per heavy atom. The van der Waals surface area contributed by atoms with Gasteiger partial charge in [-0.2, -0.15) is 5.10 Å². The second-order valence-electron chi connectivity index (χ2n) is 7.36. The van der Waals surface area contributed by atoms with Gasteiger partial charge in [-0.25, -0.2) is 5.43 Å². The number of fused-ring (bicyclic) bond motifs is 1. The third-order valence-corrected chi connectivity index (χ3v) is 6.55. The van der Waals surface area contributed by atoms with Gasteiger partial charge in [0.1, 0.15) is 0 Å². The van der Waals surface area contributed by atoms with E-state index in [4.69, 9.17) is 0 Å². The average Bonchev–Trinajstić information content (AvgIpc) is 3.48. The van der Waals surface area contributed by atoms with Crippen LogP contribution in [0.5, 0.6) is 0 Å². The van der Waals surface area contributed by atoms with Crippen molar-refractivity contribution in [2.24, 2.45) is 5.10 Å². The third kappa shape index (κ3) is 4.80. The first-order valence-corrected chi connectivity index (χ1v) is 12.2. The van der Waals surface area contributed by atoms with Crippen LogP contribution in [0, 0.1) is 0 Å². The van der Waals surface area contributed by atoms with Crippen molar-refractivity contribution < 1.29 is 4.79 Å². The first-order chi connectivity index (χ1) is 16.7. The van der Waals surface area contributed by atoms with Crippen molar-refractivity contribution in [2.45, 2.75) is 5.16 Å². The summed E-state index contributed by atoms with van der Waals surface area (Å²) in [6.45, 7) is 0. The molecular formula is C25H19BrN6OS. The Hall–Kier alpha value is -3.69. The number of aromatic nitrogens is 4. The quantitative estimate of drug-likeness (QED) is 0.167. The molecule has 168 valence electrons. The summed E-state index contributed by atoms with van der Waals surface area (Å²) in [5, 5.41) is 14.5. The number of carbonyl (C=O) groups excluding carboxylic acids is 1. The van der Waals surface area contributed by atoms with Crippen LogP contribution in [0.1, 0.15) is 5.56 Å². The second-order valence-corrected chi connectivity index (χ2v) is 9.21. The normalized spacial score (nSPS) is 11.3. The minimum Gasteiger partial charge on any atom is -0.361 e. The lowest BCUT2D eigenvalue weighted by Crippen LogP contribution is -2.20. The lowest BCUT2D eigenvalue weighted by Gasteiger charge is -2.10. The molecule has 0 bridgehead atoms. The van der Waals surface area contributed by atoms with Gasteiger partial charge in [-0.1, -0.05) is 76.2 Å². The molecule has 34 heavy (non-hydrogen) atoms. The summed E-state index contributed by atoms with van der Waals surface area (Å²) in [6, 6.07) is 25.7. The summed E-state index contributed by atoms with van der Waals surface area (Å²) in [5.41, 5.74) is 6.37. The fraction of sp³-hybridized carbons (Fsp3) is 0.0400. The Kier molecular flexibility index (Phi) is 6.55. The zero-order valence-electron chi connectivity index (χ0n) is 17.9. The van der Waals surface area contributed by atoms with Crippen molar-refractivity contribution in [1.29, 1.82) is 0 Å². The molecule has 9 heteroatoms. The number of H-pyrrole nitrogens is 1. The predicted molar refractivity (Wildman–Crippen MR) is 139 cm³/mol. The van der Waals surface area contributed by atoms with Gasteiger partial charge in [0.25, 0.3) is 5.91 Å². The number of para-hydroxylation sites is 1. The minimum absolute atomic E-state index is 0.147. The molecule has 5 aromatic rings. The van der Waals surface area contributed by atoms with Gasteiger partial charge in [0, 0.05) is 38.4 Å². The Morgan fingerprint density at radius 2 is 1.79 bits per heavy atom. The van der Waals surface area contributed by atoms with Crippen molar-refractivity contribution in [3.63, 3.8) is 0 Å². The van der Waals surface area contributed by atoms with Crippen LogP contribution in [-0.4, -0.2) is 37.6 Å². The summed E-state index contributed by atoms with van der Waals surface area (Å²) in [5.74, 6) is 0.630. The molecule has 0 atom stereocenters. The number of benzene rings is 3. The van der Waals surface area contributed by atoms with Crippen LogP contribution in [-0.2, 0) is 4.79 Å². The molecule has 7 nitrogen and oxygen atoms in total. The second kappa shape index (κ2) is 10.1. The van der Waals surface area contributed by atoms with E-state index in [-0.39, 0.29) is 11.7 Å². The first kappa shape index (κ1) is 22.1. The topological polar surface area (TPSA) is 88.0 Å². The maximum atomic E-state index is 12.5. The summed E-state index contributed by atoms with van der Waals surface area (Å²) >= 11 is 4.78. The molecule has 2 aromatic heterocycles. The van der Waals surface area contributed by atoms with Gasteiger partial charge in [0.15, 0.2) is 11.0 Å². The molecule has 3 aromatic carbocycles. The van der Waals surface area contributed by atoms with Gasteiger partial charge in [-0.15, -0.1) is 10.2 Å². The Morgan fingerprint density at radius 1 is 1.03 bits per heavy atom. The Labute approximate surface area is 208 Å². The molecule has 0 radical (unpaired) electrons. The molecule has 2 heterocycles. The largest absolute Gasteiger partial charge is 0.361 e. The van der Waals surface area contributed by atoms with Gasteiger partial charge in [-0.3, -0.25) is 9.36 Å². The number of carbonyl (C=O) groups is 1. The lowest BCUT2D eigenvalue weighted by atomic mass is 10.2. The highest BCUT2D eigenvalue weighted by Gasteiger charge is 2.17. The molecule has 0 saturated carbocycles. The van der Waals surface area contributed by atoms with Crippen molar-refractivity contribution in [1.82, 2.24) is 25.2 Å². The van der Waals surface area contributed by atoms with E-state index in [1.807, 2.05) is 89.6 Å². The van der Waals surface area contributed by atoms with Gasteiger partial charge in [0.2, 0.25) is 0 Å². The molecule has 1 amide bonds. The van der Waals surface area contributed by atoms with Gasteiger partial charge >= 0.3 is 0 Å². The molecule has 0 aliphatic heterocycles. The van der Waals surface area contributed by atoms with Gasteiger partial charge in [0.05, 0.1) is 12.0 Å². The predicted octanol–water partition coefficient (Wildman–Crippen LogP) is 5.42. The van der Waals surface area contributed by atoms with Crippen molar-refractivity contribution in [3.05, 3.63) is 95.1 Å². The van der Waals surface area contributed by atoms with Gasteiger partial charge < -0.3 is 4.98 Å². The van der Waals surface area contributed by atoms with Crippen molar-refractivity contribution >= 4 is 50.7 Å². The summed E-state index contributed by atoms with van der Waals surface area (Å²) in [6.07, 6.45) is 3.50. The van der Waals surface area contributed by atoms with E-state index in [0.29, 0.717) is 11.0 Å². The lowest BCUT2D eigenvalue weighted by molar-refractivity contribution is -0.118. The Bertz CT molecular complexity index is 1460. The number of nitrogens with zero attached hydrogens (tertiary/aromatic N) is 4. The van der Waals surface area contributed by atoms with Crippen molar-refractivity contribution in [2.75, 3.05) is 5.75 Å². The molecule has 0 aliphatic carbocycles. The molecule has 0 spiro atoms. The van der Waals surface area contributed by atoms with E-state index >= 15 is 0 Å². The van der Waals surface area contributed by atoms with Gasteiger partial charge in [-0.05, 0) is 30.3 Å². The molecule has 0 fully saturated rings. The molecule has 0 unspecified atom stereocenters. The highest BCUT2D eigenvalue weighted by atomic mass is 79.9. The van der Waals surface area contributed by atoms with Crippen LogP contribution < -0.4 is 5.43 Å². The monoisotopic (exact) mass is 530 g/mol. The van der Waals surface area contributed by atoms with E-state index in [9.17, 15) is 4.79 Å². The van der Waals surface area contributed by atoms with E-state index in [2.05, 4.69) is 41.6 Å². The van der Waals surface area contributed by atoms with Crippen LogP contribution >= 0.6 is 27.7 Å². The Balaban J connectivity index is 1.31. The van der Waals surface area contributed by atoms with E-state index in [1.165, 1.54) is 11.8 Å². The molecular weight excluding hydrogens is 512 g/mol. The van der Waals surface area contributed by atoms with E-state index in [0.717, 1.165) is 32.2 Å². The maximum absolute atomic E-state index is 12.5. The van der Waals surface area contributed by atoms with Crippen molar-refractivity contribution in [3.8, 4) is 17.1 Å². The summed E-state index contributed by atoms with van der Waals surface area (Å²) < 4.78 is 2.93. The molecule has 5 rings (SSSR count). The number of halogens is 1. The van der Waals surface area contributed by atoms with Crippen LogP contribution in [0.2, 0.25) is 0 Å². The fourth-order valence-corrected chi connectivity index (χ4v) is 4.51. The summed E-state index contributed by atoms with van der Waals surface area (Å²) in [4.78, 5) is 15.6. The number of nitrogens with one attached hydrogen (secondary N) is 2. The smallest absolute Gasteiger partial charge is 0.250 e. The summed E-state index contributed by atoms with van der Waals surface area (Å²) in [7, 11) is 0. The first-order valence-electron chi connectivity index (χ1n) is 10.5. The third-order valence-electron chi connectivity index (χ3n) is 5.10. The number of hydrogen-bond donors (Lipinski definition) is 2. The van der Waals surface area contributed by atoms with Crippen LogP contribution in [0.25, 0.3) is 28.0 Å². The number of rotatable bonds is 7. The number of hydrazone groups is 1. The fourth-order valence-electron chi connectivity index (χ4n) is 3.50. The molecule has 2 N–H and O–H groups in total. The van der Waals surface area contributed by atoms with Crippen LogP contribution in [0.3, 0.4) is 0 Å².